The van der Waals surface area contributed by atoms with Gasteiger partial charge in [-0.2, -0.15) is 13.2 Å². The first-order chi connectivity index (χ1) is 12.3. The van der Waals surface area contributed by atoms with Crippen LogP contribution in [0.2, 0.25) is 0 Å². The van der Waals surface area contributed by atoms with Crippen molar-refractivity contribution < 1.29 is 27.4 Å². The maximum Gasteiger partial charge on any atom is 0.416 e. The topological polar surface area (TPSA) is 62.8 Å². The molecule has 1 saturated heterocycles. The summed E-state index contributed by atoms with van der Waals surface area (Å²) in [5, 5.41) is 5.77. The lowest BCUT2D eigenvalue weighted by molar-refractivity contribution is -0.137. The molecular formula is C17H24F3N3O3. The SMILES string of the molecule is COCCOc1ccc(C(F)(F)F)cc1NC(=O)CN1CCNC[C@@H]1C. The summed E-state index contributed by atoms with van der Waals surface area (Å²) in [7, 11) is 1.49. The number of halogens is 3. The Bertz CT molecular complexity index is 611. The highest BCUT2D eigenvalue weighted by Crippen LogP contribution is 2.35. The van der Waals surface area contributed by atoms with Crippen LogP contribution in [0, 0.1) is 0 Å². The van der Waals surface area contributed by atoms with Crippen LogP contribution in [0.15, 0.2) is 18.2 Å². The predicted molar refractivity (Wildman–Crippen MR) is 91.3 cm³/mol. The van der Waals surface area contributed by atoms with E-state index >= 15 is 0 Å². The number of nitrogens with one attached hydrogen (secondary N) is 2. The molecule has 0 saturated carbocycles. The van der Waals surface area contributed by atoms with Gasteiger partial charge in [0.15, 0.2) is 0 Å². The smallest absolute Gasteiger partial charge is 0.416 e. The van der Waals surface area contributed by atoms with E-state index in [1.165, 1.54) is 13.2 Å². The van der Waals surface area contributed by atoms with Crippen LogP contribution in [0.5, 0.6) is 5.75 Å². The molecule has 0 unspecified atom stereocenters. The minimum Gasteiger partial charge on any atom is -0.489 e. The molecule has 2 N–H and O–H groups in total. The first kappa shape index (κ1) is 20.5. The molecule has 2 rings (SSSR count). The highest BCUT2D eigenvalue weighted by molar-refractivity contribution is 5.93. The lowest BCUT2D eigenvalue weighted by Gasteiger charge is -2.33. The van der Waals surface area contributed by atoms with Crippen LogP contribution in [0.1, 0.15) is 12.5 Å². The molecule has 1 amide bonds. The van der Waals surface area contributed by atoms with E-state index < -0.39 is 11.7 Å². The Hall–Kier alpha value is -1.84. The fourth-order valence-corrected chi connectivity index (χ4v) is 2.66. The molecule has 1 heterocycles. The number of methoxy groups -OCH3 is 1. The average molecular weight is 375 g/mol. The van der Waals surface area contributed by atoms with Gasteiger partial charge in [0.05, 0.1) is 24.4 Å². The quantitative estimate of drug-likeness (QED) is 0.714. The molecule has 0 bridgehead atoms. The van der Waals surface area contributed by atoms with Crippen molar-refractivity contribution in [3.05, 3.63) is 23.8 Å². The Morgan fingerprint density at radius 3 is 2.81 bits per heavy atom. The molecule has 146 valence electrons. The third-order valence-corrected chi connectivity index (χ3v) is 4.11. The van der Waals surface area contributed by atoms with Crippen molar-refractivity contribution in [1.29, 1.82) is 0 Å². The second-order valence-electron chi connectivity index (χ2n) is 6.12. The maximum absolute atomic E-state index is 13.0. The minimum absolute atomic E-state index is 0.00344. The van der Waals surface area contributed by atoms with Gasteiger partial charge in [0.2, 0.25) is 5.91 Å². The molecule has 0 aliphatic carbocycles. The maximum atomic E-state index is 13.0. The van der Waals surface area contributed by atoms with Gasteiger partial charge in [0.25, 0.3) is 0 Å². The van der Waals surface area contributed by atoms with Crippen molar-refractivity contribution in [3.63, 3.8) is 0 Å². The van der Waals surface area contributed by atoms with Crippen LogP contribution >= 0.6 is 0 Å². The summed E-state index contributed by atoms with van der Waals surface area (Å²) in [4.78, 5) is 14.3. The number of benzene rings is 1. The second kappa shape index (κ2) is 9.20. The van der Waals surface area contributed by atoms with Gasteiger partial charge in [-0.25, -0.2) is 0 Å². The van der Waals surface area contributed by atoms with Gasteiger partial charge in [0.1, 0.15) is 12.4 Å². The molecule has 0 aromatic heterocycles. The van der Waals surface area contributed by atoms with Gasteiger partial charge in [0, 0.05) is 32.8 Å². The molecule has 9 heteroatoms. The van der Waals surface area contributed by atoms with Gasteiger partial charge in [-0.1, -0.05) is 0 Å². The minimum atomic E-state index is -4.50. The van der Waals surface area contributed by atoms with Gasteiger partial charge in [-0.3, -0.25) is 9.69 Å². The van der Waals surface area contributed by atoms with Crippen LogP contribution in [0.3, 0.4) is 0 Å². The molecule has 0 spiro atoms. The van der Waals surface area contributed by atoms with Crippen LogP contribution in [0.25, 0.3) is 0 Å². The van der Waals surface area contributed by atoms with E-state index in [2.05, 4.69) is 10.6 Å². The number of carbonyl (C=O) groups excluding carboxylic acids is 1. The number of hydrogen-bond acceptors (Lipinski definition) is 5. The van der Waals surface area contributed by atoms with Gasteiger partial charge in [-0.05, 0) is 25.1 Å². The number of amides is 1. The summed E-state index contributed by atoms with van der Waals surface area (Å²) < 4.78 is 49.2. The standard InChI is InChI=1S/C17H24F3N3O3/c1-12-10-21-5-6-23(12)11-16(24)22-14-9-13(17(18,19)20)3-4-15(14)26-8-7-25-2/h3-4,9,12,21H,5-8,10-11H2,1-2H3,(H,22,24)/t12-/m0/s1. The third kappa shape index (κ3) is 5.86. The first-order valence-corrected chi connectivity index (χ1v) is 8.39. The number of ether oxygens (including phenoxy) is 2. The Morgan fingerprint density at radius 2 is 2.15 bits per heavy atom. The Kier molecular flexibility index (Phi) is 7.24. The van der Waals surface area contributed by atoms with Crippen LogP contribution in [-0.4, -0.2) is 63.4 Å². The largest absolute Gasteiger partial charge is 0.489 e. The van der Waals surface area contributed by atoms with Crippen molar-refractivity contribution >= 4 is 11.6 Å². The summed E-state index contributed by atoms with van der Waals surface area (Å²) in [5.41, 5.74) is -0.842. The lowest BCUT2D eigenvalue weighted by atomic mass is 10.1. The van der Waals surface area contributed by atoms with Crippen molar-refractivity contribution in [2.45, 2.75) is 19.1 Å². The zero-order chi connectivity index (χ0) is 19.2. The molecule has 6 nitrogen and oxygen atoms in total. The van der Waals surface area contributed by atoms with Crippen molar-refractivity contribution in [2.24, 2.45) is 0 Å². The van der Waals surface area contributed by atoms with Crippen LogP contribution in [-0.2, 0) is 15.7 Å². The van der Waals surface area contributed by atoms with Gasteiger partial charge < -0.3 is 20.1 Å². The van der Waals surface area contributed by atoms with E-state index in [9.17, 15) is 18.0 Å². The molecule has 1 aliphatic rings. The summed E-state index contributed by atoms with van der Waals surface area (Å²) in [6.45, 7) is 4.79. The predicted octanol–water partition coefficient (Wildman–Crippen LogP) is 1.96. The fourth-order valence-electron chi connectivity index (χ4n) is 2.66. The van der Waals surface area contributed by atoms with Crippen LogP contribution < -0.4 is 15.4 Å². The number of nitrogens with zero attached hydrogens (tertiary/aromatic N) is 1. The molecule has 26 heavy (non-hydrogen) atoms. The summed E-state index contributed by atoms with van der Waals surface area (Å²) in [6, 6.07) is 3.20. The van der Waals surface area contributed by atoms with E-state index in [0.29, 0.717) is 6.54 Å². The fraction of sp³-hybridized carbons (Fsp3) is 0.588. The monoisotopic (exact) mass is 375 g/mol. The number of rotatable bonds is 7. The van der Waals surface area contributed by atoms with E-state index in [1.807, 2.05) is 11.8 Å². The molecular weight excluding hydrogens is 351 g/mol. The van der Waals surface area contributed by atoms with Crippen LogP contribution in [0.4, 0.5) is 18.9 Å². The lowest BCUT2D eigenvalue weighted by Crippen LogP contribution is -2.52. The molecule has 0 radical (unpaired) electrons. The summed E-state index contributed by atoms with van der Waals surface area (Å²) in [6.07, 6.45) is -4.50. The van der Waals surface area contributed by atoms with E-state index in [1.54, 1.807) is 0 Å². The Balaban J connectivity index is 2.11. The zero-order valence-electron chi connectivity index (χ0n) is 14.9. The van der Waals surface area contributed by atoms with Gasteiger partial charge >= 0.3 is 6.18 Å². The zero-order valence-corrected chi connectivity index (χ0v) is 14.9. The summed E-state index contributed by atoms with van der Waals surface area (Å²) in [5.74, 6) is -0.202. The van der Waals surface area contributed by atoms with E-state index in [0.717, 1.165) is 25.2 Å². The molecule has 1 aromatic carbocycles. The average Bonchev–Trinajstić information content (AvgIpc) is 2.57. The molecule has 1 fully saturated rings. The number of carbonyl (C=O) groups is 1. The van der Waals surface area contributed by atoms with E-state index in [4.69, 9.17) is 9.47 Å². The normalized spacial score (nSPS) is 18.6. The highest BCUT2D eigenvalue weighted by Gasteiger charge is 2.31. The molecule has 1 atom stereocenters. The number of alkyl halides is 3. The molecule has 1 aromatic rings. The first-order valence-electron chi connectivity index (χ1n) is 8.39. The molecule has 1 aliphatic heterocycles. The van der Waals surface area contributed by atoms with E-state index in [-0.39, 0.29) is 43.1 Å². The number of anilines is 1. The Morgan fingerprint density at radius 1 is 1.38 bits per heavy atom. The highest BCUT2D eigenvalue weighted by atomic mass is 19.4. The van der Waals surface area contributed by atoms with Crippen molar-refractivity contribution in [2.75, 3.05) is 51.8 Å². The second-order valence-corrected chi connectivity index (χ2v) is 6.12. The van der Waals surface area contributed by atoms with Gasteiger partial charge in [-0.15, -0.1) is 0 Å². The number of piperazine rings is 1. The third-order valence-electron chi connectivity index (χ3n) is 4.11. The number of hydrogen-bond donors (Lipinski definition) is 2. The van der Waals surface area contributed by atoms with Crippen molar-refractivity contribution in [3.8, 4) is 5.75 Å². The van der Waals surface area contributed by atoms with Crippen molar-refractivity contribution in [1.82, 2.24) is 10.2 Å². The summed E-state index contributed by atoms with van der Waals surface area (Å²) >= 11 is 0. The Labute approximate surface area is 150 Å².